The Morgan fingerprint density at radius 1 is 1.17 bits per heavy atom. The largest absolute Gasteiger partial charge is 0.376 e. The first kappa shape index (κ1) is 17.9. The number of rotatable bonds is 4. The lowest BCUT2D eigenvalue weighted by atomic mass is 10.2. The van der Waals surface area contributed by atoms with E-state index in [1.807, 2.05) is 42.5 Å². The van der Waals surface area contributed by atoms with Gasteiger partial charge in [-0.2, -0.15) is 0 Å². The number of para-hydroxylation sites is 1. The summed E-state index contributed by atoms with van der Waals surface area (Å²) in [6.07, 6.45) is 4.61. The van der Waals surface area contributed by atoms with Crippen molar-refractivity contribution in [3.63, 3.8) is 0 Å². The van der Waals surface area contributed by atoms with Crippen LogP contribution in [-0.4, -0.2) is 47.0 Å². The number of benzene rings is 1. The smallest absolute Gasteiger partial charge is 0.294 e. The van der Waals surface area contributed by atoms with Crippen LogP contribution in [0.2, 0.25) is 0 Å². The van der Waals surface area contributed by atoms with Gasteiger partial charge in [0.2, 0.25) is 5.82 Å². The fraction of sp³-hybridized carbons (Fsp3) is 0.318. The lowest BCUT2D eigenvalue weighted by Gasteiger charge is -2.16. The lowest BCUT2D eigenvalue weighted by molar-refractivity contribution is 0.0855. The Bertz CT molecular complexity index is 1080. The maximum atomic E-state index is 13.3. The van der Waals surface area contributed by atoms with E-state index in [1.165, 1.54) is 0 Å². The van der Waals surface area contributed by atoms with Gasteiger partial charge in [0, 0.05) is 31.6 Å². The maximum Gasteiger partial charge on any atom is 0.294 e. The van der Waals surface area contributed by atoms with Crippen molar-refractivity contribution in [1.82, 2.24) is 14.7 Å². The Morgan fingerprint density at radius 2 is 2.03 bits per heavy atom. The third-order valence-corrected chi connectivity index (χ3v) is 5.60. The number of hydrogen-bond donors (Lipinski definition) is 1. The summed E-state index contributed by atoms with van der Waals surface area (Å²) >= 11 is 0. The van der Waals surface area contributed by atoms with Crippen LogP contribution in [0.25, 0.3) is 5.52 Å². The lowest BCUT2D eigenvalue weighted by Crippen LogP contribution is -2.32. The highest BCUT2D eigenvalue weighted by Crippen LogP contribution is 2.29. The number of amides is 2. The van der Waals surface area contributed by atoms with E-state index in [0.717, 1.165) is 37.1 Å². The highest BCUT2D eigenvalue weighted by atomic mass is 16.5. The van der Waals surface area contributed by atoms with Gasteiger partial charge in [0.25, 0.3) is 11.8 Å². The molecule has 0 radical (unpaired) electrons. The molecule has 29 heavy (non-hydrogen) atoms. The standard InChI is InChI=1S/C22H22N4O3/c27-21(23-14-16-7-5-13-29-16)19-18-9-3-4-11-25(18)20(24-19)22(28)26-12-10-15-6-1-2-8-17(15)26/h1-4,6,8-9,11,16H,5,7,10,12-14H2,(H,23,27). The van der Waals surface area contributed by atoms with Gasteiger partial charge < -0.3 is 15.0 Å². The molecule has 5 rings (SSSR count). The summed E-state index contributed by atoms with van der Waals surface area (Å²) in [4.78, 5) is 32.3. The first-order valence-corrected chi connectivity index (χ1v) is 9.99. The van der Waals surface area contributed by atoms with Gasteiger partial charge >= 0.3 is 0 Å². The molecule has 3 aromatic rings. The molecule has 1 saturated heterocycles. The molecule has 0 saturated carbocycles. The second-order valence-corrected chi connectivity index (χ2v) is 7.42. The fourth-order valence-corrected chi connectivity index (χ4v) is 4.12. The number of ether oxygens (including phenoxy) is 1. The van der Waals surface area contributed by atoms with Crippen molar-refractivity contribution in [2.45, 2.75) is 25.4 Å². The van der Waals surface area contributed by atoms with Gasteiger partial charge in [-0.1, -0.05) is 24.3 Å². The van der Waals surface area contributed by atoms with E-state index in [-0.39, 0.29) is 29.4 Å². The number of aromatic nitrogens is 2. The van der Waals surface area contributed by atoms with Gasteiger partial charge in [-0.25, -0.2) is 4.98 Å². The second kappa shape index (κ2) is 7.33. The van der Waals surface area contributed by atoms with E-state index in [9.17, 15) is 9.59 Å². The molecule has 2 aromatic heterocycles. The van der Waals surface area contributed by atoms with Crippen LogP contribution in [-0.2, 0) is 11.2 Å². The molecule has 0 bridgehead atoms. The normalized spacial score (nSPS) is 18.2. The van der Waals surface area contributed by atoms with E-state index in [2.05, 4.69) is 10.3 Å². The van der Waals surface area contributed by atoms with Gasteiger partial charge in [0.15, 0.2) is 5.69 Å². The summed E-state index contributed by atoms with van der Waals surface area (Å²) in [6, 6.07) is 13.4. The number of nitrogens with zero attached hydrogens (tertiary/aromatic N) is 3. The van der Waals surface area contributed by atoms with Crippen LogP contribution >= 0.6 is 0 Å². The second-order valence-electron chi connectivity index (χ2n) is 7.42. The zero-order chi connectivity index (χ0) is 19.8. The van der Waals surface area contributed by atoms with E-state index in [1.54, 1.807) is 15.5 Å². The Hall–Kier alpha value is -3.19. The monoisotopic (exact) mass is 390 g/mol. The Labute approximate surface area is 168 Å². The molecule has 1 fully saturated rings. The molecule has 7 nitrogen and oxygen atoms in total. The van der Waals surface area contributed by atoms with Crippen molar-refractivity contribution in [2.75, 3.05) is 24.6 Å². The van der Waals surface area contributed by atoms with E-state index >= 15 is 0 Å². The number of nitrogens with one attached hydrogen (secondary N) is 1. The van der Waals surface area contributed by atoms with Gasteiger partial charge in [0.1, 0.15) is 0 Å². The van der Waals surface area contributed by atoms with Crippen molar-refractivity contribution < 1.29 is 14.3 Å². The van der Waals surface area contributed by atoms with Crippen molar-refractivity contribution in [1.29, 1.82) is 0 Å². The number of hydrogen-bond acceptors (Lipinski definition) is 4. The molecule has 1 unspecified atom stereocenters. The molecule has 4 heterocycles. The van der Waals surface area contributed by atoms with Crippen molar-refractivity contribution in [2.24, 2.45) is 0 Å². The molecule has 2 amide bonds. The van der Waals surface area contributed by atoms with Crippen LogP contribution in [0.3, 0.4) is 0 Å². The average molecular weight is 390 g/mol. The third-order valence-electron chi connectivity index (χ3n) is 5.60. The molecule has 2 aliphatic rings. The van der Waals surface area contributed by atoms with Crippen molar-refractivity contribution in [3.05, 3.63) is 65.7 Å². The number of anilines is 1. The van der Waals surface area contributed by atoms with Crippen LogP contribution in [0.5, 0.6) is 0 Å². The van der Waals surface area contributed by atoms with Crippen LogP contribution in [0.1, 0.15) is 39.5 Å². The number of carbonyl (C=O) groups excluding carboxylic acids is 2. The van der Waals surface area contributed by atoms with Gasteiger partial charge in [-0.15, -0.1) is 0 Å². The average Bonchev–Trinajstić information content (AvgIpc) is 3.50. The van der Waals surface area contributed by atoms with Crippen LogP contribution < -0.4 is 10.2 Å². The Kier molecular flexibility index (Phi) is 4.52. The predicted molar refractivity (Wildman–Crippen MR) is 108 cm³/mol. The number of fused-ring (bicyclic) bond motifs is 2. The van der Waals surface area contributed by atoms with E-state index in [0.29, 0.717) is 18.6 Å². The summed E-state index contributed by atoms with van der Waals surface area (Å²) < 4.78 is 7.27. The van der Waals surface area contributed by atoms with Crippen LogP contribution in [0.15, 0.2) is 48.7 Å². The van der Waals surface area contributed by atoms with Crippen molar-refractivity contribution >= 4 is 23.0 Å². The SMILES string of the molecule is O=C(NCC1CCCO1)c1nc(C(=O)N2CCc3ccccc32)n2ccccc12. The molecule has 0 aliphatic carbocycles. The minimum atomic E-state index is -0.287. The number of carbonyl (C=O) groups is 2. The highest BCUT2D eigenvalue weighted by molar-refractivity contribution is 6.08. The molecular weight excluding hydrogens is 368 g/mol. The third kappa shape index (κ3) is 3.17. The van der Waals surface area contributed by atoms with Gasteiger partial charge in [0.05, 0.1) is 11.6 Å². The fourth-order valence-electron chi connectivity index (χ4n) is 4.12. The Morgan fingerprint density at radius 3 is 2.90 bits per heavy atom. The molecule has 7 heteroatoms. The highest BCUT2D eigenvalue weighted by Gasteiger charge is 2.30. The maximum absolute atomic E-state index is 13.3. The zero-order valence-electron chi connectivity index (χ0n) is 16.0. The number of pyridine rings is 1. The predicted octanol–water partition coefficient (Wildman–Crippen LogP) is 2.45. The molecule has 1 aromatic carbocycles. The number of imidazole rings is 1. The molecular formula is C22H22N4O3. The van der Waals surface area contributed by atoms with Gasteiger partial charge in [-0.3, -0.25) is 14.0 Å². The molecule has 0 spiro atoms. The molecule has 2 aliphatic heterocycles. The quantitative estimate of drug-likeness (QED) is 0.743. The Balaban J connectivity index is 1.46. The molecule has 1 N–H and O–H groups in total. The first-order valence-electron chi connectivity index (χ1n) is 9.99. The van der Waals surface area contributed by atoms with E-state index in [4.69, 9.17) is 4.74 Å². The molecule has 148 valence electrons. The van der Waals surface area contributed by atoms with Crippen LogP contribution in [0.4, 0.5) is 5.69 Å². The first-order chi connectivity index (χ1) is 14.2. The minimum absolute atomic E-state index is 0.0510. The van der Waals surface area contributed by atoms with Crippen LogP contribution in [0, 0.1) is 0 Å². The molecule has 1 atom stereocenters. The summed E-state index contributed by atoms with van der Waals surface area (Å²) in [5.41, 5.74) is 2.94. The summed E-state index contributed by atoms with van der Waals surface area (Å²) in [5.74, 6) is -0.237. The van der Waals surface area contributed by atoms with E-state index < -0.39 is 0 Å². The summed E-state index contributed by atoms with van der Waals surface area (Å²) in [6.45, 7) is 1.80. The minimum Gasteiger partial charge on any atom is -0.376 e. The topological polar surface area (TPSA) is 75.9 Å². The van der Waals surface area contributed by atoms with Crippen molar-refractivity contribution in [3.8, 4) is 0 Å². The summed E-state index contributed by atoms with van der Waals surface area (Å²) in [7, 11) is 0. The van der Waals surface area contributed by atoms with Gasteiger partial charge in [-0.05, 0) is 43.0 Å². The zero-order valence-corrected chi connectivity index (χ0v) is 16.0. The summed E-state index contributed by atoms with van der Waals surface area (Å²) in [5, 5.41) is 2.91.